The number of pyridine rings is 1. The van der Waals surface area contributed by atoms with Gasteiger partial charge in [-0.1, -0.05) is 0 Å². The summed E-state index contributed by atoms with van der Waals surface area (Å²) in [5, 5.41) is 9.81. The zero-order chi connectivity index (χ0) is 9.42. The summed E-state index contributed by atoms with van der Waals surface area (Å²) < 4.78 is 0. The molecule has 1 aromatic rings. The Morgan fingerprint density at radius 2 is 2.46 bits per heavy atom. The van der Waals surface area contributed by atoms with Gasteiger partial charge in [0, 0.05) is 0 Å². The van der Waals surface area contributed by atoms with Gasteiger partial charge in [-0.15, -0.1) is 0 Å². The normalized spacial score (nSPS) is 13.7. The van der Waals surface area contributed by atoms with Crippen LogP contribution >= 0.6 is 0 Å². The second-order valence-electron chi connectivity index (χ2n) is 2.87. The van der Waals surface area contributed by atoms with Crippen molar-refractivity contribution >= 4 is 17.4 Å². The first-order chi connectivity index (χ1) is 6.16. The number of carbonyl (C=O) groups excluding carboxylic acids is 1. The van der Waals surface area contributed by atoms with Crippen LogP contribution in [0, 0.1) is 5.41 Å². The predicted molar refractivity (Wildman–Crippen MR) is 47.6 cm³/mol. The van der Waals surface area contributed by atoms with E-state index >= 15 is 0 Å². The van der Waals surface area contributed by atoms with Crippen molar-refractivity contribution in [1.29, 1.82) is 5.41 Å². The Bertz CT molecular complexity index is 399. The first-order valence-electron chi connectivity index (χ1n) is 3.80. The maximum atomic E-state index is 11.0. The molecule has 5 heteroatoms. The van der Waals surface area contributed by atoms with Crippen molar-refractivity contribution in [3.05, 3.63) is 23.5 Å². The van der Waals surface area contributed by atoms with Crippen LogP contribution in [0.4, 0.5) is 5.69 Å². The van der Waals surface area contributed by atoms with Crippen molar-refractivity contribution in [3.8, 4) is 0 Å². The minimum absolute atomic E-state index is 0.0440. The molecule has 5 nitrogen and oxygen atoms in total. The fraction of sp³-hybridized carbons (Fsp3) is 0.125. The average Bonchev–Trinajstić information content (AvgIpc) is 2.42. The molecular formula is C8H8N4O. The van der Waals surface area contributed by atoms with Gasteiger partial charge in [0.05, 0.1) is 18.3 Å². The Labute approximate surface area is 74.5 Å². The van der Waals surface area contributed by atoms with Gasteiger partial charge in [-0.25, -0.2) is 0 Å². The summed E-state index contributed by atoms with van der Waals surface area (Å²) in [4.78, 5) is 14.9. The van der Waals surface area contributed by atoms with Crippen LogP contribution in [0.15, 0.2) is 12.3 Å². The molecule has 1 aromatic heterocycles. The average molecular weight is 176 g/mol. The molecule has 1 amide bonds. The van der Waals surface area contributed by atoms with Crippen molar-refractivity contribution in [2.45, 2.75) is 6.42 Å². The van der Waals surface area contributed by atoms with Crippen LogP contribution in [-0.4, -0.2) is 16.7 Å². The zero-order valence-electron chi connectivity index (χ0n) is 6.79. The van der Waals surface area contributed by atoms with E-state index in [1.165, 1.54) is 6.20 Å². The summed E-state index contributed by atoms with van der Waals surface area (Å²) in [6.45, 7) is 0. The fourth-order valence-corrected chi connectivity index (χ4v) is 1.27. The van der Waals surface area contributed by atoms with Crippen LogP contribution in [0.1, 0.15) is 11.3 Å². The van der Waals surface area contributed by atoms with Crippen LogP contribution < -0.4 is 11.1 Å². The van der Waals surface area contributed by atoms with Crippen molar-refractivity contribution in [2.24, 2.45) is 5.73 Å². The highest BCUT2D eigenvalue weighted by Crippen LogP contribution is 2.21. The lowest BCUT2D eigenvalue weighted by Gasteiger charge is -2.00. The second kappa shape index (κ2) is 2.55. The van der Waals surface area contributed by atoms with E-state index in [4.69, 9.17) is 11.1 Å². The molecule has 0 aromatic carbocycles. The smallest absolute Gasteiger partial charge is 0.228 e. The number of hydrogen-bond acceptors (Lipinski definition) is 3. The van der Waals surface area contributed by atoms with Gasteiger partial charge in [-0.2, -0.15) is 0 Å². The van der Waals surface area contributed by atoms with E-state index in [0.29, 0.717) is 12.1 Å². The molecule has 0 fully saturated rings. The van der Waals surface area contributed by atoms with Crippen molar-refractivity contribution < 1.29 is 4.79 Å². The molecule has 0 saturated carbocycles. The standard InChI is InChI=1S/C8H8N4O/c9-8(10)5-1-4-2-7(13)12-6(4)3-11-5/h1,3H,2H2,(H3,9,10)(H,12,13). The number of nitrogens with one attached hydrogen (secondary N) is 2. The van der Waals surface area contributed by atoms with Gasteiger partial charge in [0.2, 0.25) is 5.91 Å². The lowest BCUT2D eigenvalue weighted by molar-refractivity contribution is -0.115. The number of amides is 1. The van der Waals surface area contributed by atoms with Gasteiger partial charge in [0.15, 0.2) is 0 Å². The first-order valence-corrected chi connectivity index (χ1v) is 3.80. The summed E-state index contributed by atoms with van der Waals surface area (Å²) in [5.74, 6) is -0.125. The molecule has 2 heterocycles. The van der Waals surface area contributed by atoms with Gasteiger partial charge < -0.3 is 11.1 Å². The Kier molecular flexibility index (Phi) is 1.51. The molecule has 4 N–H and O–H groups in total. The number of anilines is 1. The molecule has 0 aliphatic carbocycles. The van der Waals surface area contributed by atoms with Crippen LogP contribution in [-0.2, 0) is 11.2 Å². The highest BCUT2D eigenvalue weighted by atomic mass is 16.1. The van der Waals surface area contributed by atoms with E-state index in [1.54, 1.807) is 6.07 Å². The molecule has 1 aliphatic rings. The van der Waals surface area contributed by atoms with Crippen LogP contribution in [0.5, 0.6) is 0 Å². The number of nitrogen functional groups attached to an aromatic ring is 1. The van der Waals surface area contributed by atoms with Gasteiger partial charge in [-0.05, 0) is 11.6 Å². The molecule has 66 valence electrons. The third-order valence-corrected chi connectivity index (χ3v) is 1.89. The lowest BCUT2D eigenvalue weighted by Crippen LogP contribution is -2.13. The number of hydrogen-bond donors (Lipinski definition) is 3. The summed E-state index contributed by atoms with van der Waals surface area (Å²) in [7, 11) is 0. The summed E-state index contributed by atoms with van der Waals surface area (Å²) in [6, 6.07) is 1.66. The monoisotopic (exact) mass is 176 g/mol. The topological polar surface area (TPSA) is 91.9 Å². The Morgan fingerprint density at radius 1 is 1.69 bits per heavy atom. The largest absolute Gasteiger partial charge is 0.382 e. The third kappa shape index (κ3) is 1.24. The fourth-order valence-electron chi connectivity index (χ4n) is 1.27. The van der Waals surface area contributed by atoms with E-state index in [1.807, 2.05) is 0 Å². The molecule has 0 spiro atoms. The van der Waals surface area contributed by atoms with Crippen molar-refractivity contribution in [3.63, 3.8) is 0 Å². The van der Waals surface area contributed by atoms with Gasteiger partial charge in [-0.3, -0.25) is 15.2 Å². The van der Waals surface area contributed by atoms with Gasteiger partial charge >= 0.3 is 0 Å². The number of nitrogens with two attached hydrogens (primary N) is 1. The lowest BCUT2D eigenvalue weighted by atomic mass is 10.2. The summed E-state index contributed by atoms with van der Waals surface area (Å²) in [6.07, 6.45) is 1.87. The highest BCUT2D eigenvalue weighted by molar-refractivity contribution is 6.00. The number of amidine groups is 1. The molecular weight excluding hydrogens is 168 g/mol. The number of rotatable bonds is 1. The number of carbonyl (C=O) groups is 1. The summed E-state index contributed by atoms with van der Waals surface area (Å²) >= 11 is 0. The molecule has 13 heavy (non-hydrogen) atoms. The molecule has 0 saturated heterocycles. The Hall–Kier alpha value is -1.91. The quantitative estimate of drug-likeness (QED) is 0.410. The second-order valence-corrected chi connectivity index (χ2v) is 2.87. The SMILES string of the molecule is N=C(N)c1cc2c(cn1)NC(=O)C2. The predicted octanol–water partition coefficient (Wildman–Crippen LogP) is -0.140. The molecule has 0 unspecified atom stereocenters. The van der Waals surface area contributed by atoms with Crippen LogP contribution in [0.3, 0.4) is 0 Å². The maximum Gasteiger partial charge on any atom is 0.228 e. The van der Waals surface area contributed by atoms with Crippen molar-refractivity contribution in [2.75, 3.05) is 5.32 Å². The van der Waals surface area contributed by atoms with E-state index < -0.39 is 0 Å². The van der Waals surface area contributed by atoms with E-state index in [0.717, 1.165) is 11.3 Å². The Morgan fingerprint density at radius 3 is 3.15 bits per heavy atom. The number of aromatic nitrogens is 1. The molecule has 1 aliphatic heterocycles. The van der Waals surface area contributed by atoms with Crippen molar-refractivity contribution in [1.82, 2.24) is 4.98 Å². The first kappa shape index (κ1) is 7.72. The number of fused-ring (bicyclic) bond motifs is 1. The van der Waals surface area contributed by atoms with E-state index in [2.05, 4.69) is 10.3 Å². The highest BCUT2D eigenvalue weighted by Gasteiger charge is 2.18. The molecule has 0 bridgehead atoms. The number of nitrogens with zero attached hydrogens (tertiary/aromatic N) is 1. The maximum absolute atomic E-state index is 11.0. The summed E-state index contributed by atoms with van der Waals surface area (Å²) in [5.41, 5.74) is 7.24. The molecule has 0 atom stereocenters. The van der Waals surface area contributed by atoms with Crippen LogP contribution in [0.25, 0.3) is 0 Å². The zero-order valence-corrected chi connectivity index (χ0v) is 6.79. The van der Waals surface area contributed by atoms with E-state index in [9.17, 15) is 4.79 Å². The van der Waals surface area contributed by atoms with Crippen LogP contribution in [0.2, 0.25) is 0 Å². The molecule has 2 rings (SSSR count). The minimum Gasteiger partial charge on any atom is -0.382 e. The third-order valence-electron chi connectivity index (χ3n) is 1.89. The minimum atomic E-state index is -0.0813. The van der Waals surface area contributed by atoms with Gasteiger partial charge in [0.1, 0.15) is 11.5 Å². The van der Waals surface area contributed by atoms with Gasteiger partial charge in [0.25, 0.3) is 0 Å². The Balaban J connectivity index is 2.45. The van der Waals surface area contributed by atoms with E-state index in [-0.39, 0.29) is 11.7 Å². The molecule has 0 radical (unpaired) electrons.